The highest BCUT2D eigenvalue weighted by Gasteiger charge is 2.33. The lowest BCUT2D eigenvalue weighted by atomic mass is 9.95. The Morgan fingerprint density at radius 3 is 2.59 bits per heavy atom. The summed E-state index contributed by atoms with van der Waals surface area (Å²) in [7, 11) is -4.65. The topological polar surface area (TPSA) is 176 Å². The fourth-order valence-corrected chi connectivity index (χ4v) is 7.73. The first-order valence-corrected chi connectivity index (χ1v) is 16.3. The van der Waals surface area contributed by atoms with Gasteiger partial charge in [-0.25, -0.2) is 27.0 Å². The summed E-state index contributed by atoms with van der Waals surface area (Å²) in [6.45, 7) is 5.61. The van der Waals surface area contributed by atoms with E-state index in [0.29, 0.717) is 35.3 Å². The molecule has 1 saturated heterocycles. The molecular formula is C28H26ClF2N5O8S2. The van der Waals surface area contributed by atoms with Crippen molar-refractivity contribution in [1.82, 2.24) is 14.8 Å². The van der Waals surface area contributed by atoms with E-state index in [0.717, 1.165) is 37.1 Å². The standard InChI is InChI=1S/C28H26ClF2N5O8S2/c1-28(2,3)23-24(32-26(37)38)33-27(45-23)46(41,42)21-11-17(29)20(12-18(21)31)44-19-8-7-14(30)10-15(19)16-13-35(34-25(16)36(39)40)22-6-4-5-9-43-22/h7-8,10-13,22,32H,4-6,9H2,1-3H3,(H,37,38). The Hall–Kier alpha value is -4.19. The van der Waals surface area contributed by atoms with Crippen LogP contribution in [0.4, 0.5) is 25.2 Å². The number of benzene rings is 2. The summed E-state index contributed by atoms with van der Waals surface area (Å²) in [6, 6.07) is 4.65. The van der Waals surface area contributed by atoms with Gasteiger partial charge in [0.1, 0.15) is 33.6 Å². The highest BCUT2D eigenvalue weighted by Crippen LogP contribution is 2.43. The molecule has 0 bridgehead atoms. The predicted octanol–water partition coefficient (Wildman–Crippen LogP) is 7.56. The van der Waals surface area contributed by atoms with Gasteiger partial charge in [-0.2, -0.15) is 4.68 Å². The number of halogens is 3. The minimum Gasteiger partial charge on any atom is -0.465 e. The molecule has 0 spiro atoms. The van der Waals surface area contributed by atoms with E-state index in [9.17, 15) is 32.8 Å². The predicted molar refractivity (Wildman–Crippen MR) is 163 cm³/mol. The van der Waals surface area contributed by atoms with Crippen molar-refractivity contribution in [2.45, 2.75) is 60.9 Å². The Balaban J connectivity index is 1.53. The van der Waals surface area contributed by atoms with Gasteiger partial charge in [0.05, 0.1) is 21.2 Å². The van der Waals surface area contributed by atoms with Crippen molar-refractivity contribution < 1.29 is 41.5 Å². The van der Waals surface area contributed by atoms with Crippen LogP contribution in [0.15, 0.2) is 45.8 Å². The maximum Gasteiger partial charge on any atom is 0.410 e. The molecule has 1 atom stereocenters. The second-order valence-corrected chi connectivity index (χ2v) is 14.7. The average molecular weight is 698 g/mol. The molecule has 2 aromatic heterocycles. The van der Waals surface area contributed by atoms with E-state index >= 15 is 4.39 Å². The van der Waals surface area contributed by atoms with Gasteiger partial charge in [-0.05, 0) is 48.5 Å². The number of thiazole rings is 1. The normalized spacial score (nSPS) is 15.5. The lowest BCUT2D eigenvalue weighted by Crippen LogP contribution is -2.18. The molecule has 46 heavy (non-hydrogen) atoms. The van der Waals surface area contributed by atoms with Crippen molar-refractivity contribution in [3.05, 3.63) is 68.2 Å². The van der Waals surface area contributed by atoms with E-state index in [4.69, 9.17) is 21.1 Å². The molecule has 1 aliphatic rings. The van der Waals surface area contributed by atoms with Crippen molar-refractivity contribution in [2.24, 2.45) is 0 Å². The Morgan fingerprint density at radius 1 is 1.22 bits per heavy atom. The van der Waals surface area contributed by atoms with Crippen LogP contribution in [0.3, 0.4) is 0 Å². The van der Waals surface area contributed by atoms with Crippen molar-refractivity contribution in [3.63, 3.8) is 0 Å². The average Bonchev–Trinajstić information content (AvgIpc) is 3.62. The van der Waals surface area contributed by atoms with Crippen LogP contribution in [0, 0.1) is 21.7 Å². The molecule has 244 valence electrons. The van der Waals surface area contributed by atoms with Gasteiger partial charge in [0, 0.05) is 23.7 Å². The number of ether oxygens (including phenoxy) is 2. The number of hydrogen-bond donors (Lipinski definition) is 2. The Morgan fingerprint density at radius 2 is 1.96 bits per heavy atom. The van der Waals surface area contributed by atoms with Crippen molar-refractivity contribution in [2.75, 3.05) is 11.9 Å². The Kier molecular flexibility index (Phi) is 9.05. The highest BCUT2D eigenvalue weighted by atomic mass is 35.5. The van der Waals surface area contributed by atoms with Crippen LogP contribution in [0.2, 0.25) is 5.02 Å². The van der Waals surface area contributed by atoms with Gasteiger partial charge in [-0.3, -0.25) is 5.32 Å². The number of aromatic nitrogens is 3. The maximum atomic E-state index is 15.5. The second kappa shape index (κ2) is 12.5. The number of rotatable bonds is 8. The zero-order valence-corrected chi connectivity index (χ0v) is 26.8. The molecule has 1 amide bonds. The van der Waals surface area contributed by atoms with Gasteiger partial charge >= 0.3 is 11.9 Å². The van der Waals surface area contributed by atoms with E-state index in [2.05, 4.69) is 15.4 Å². The van der Waals surface area contributed by atoms with Crippen molar-refractivity contribution >= 4 is 50.5 Å². The molecule has 0 radical (unpaired) electrons. The molecule has 1 fully saturated rings. The Labute approximate surface area is 269 Å². The molecule has 5 rings (SSSR count). The van der Waals surface area contributed by atoms with Gasteiger partial charge in [-0.1, -0.05) is 32.4 Å². The molecule has 2 aromatic carbocycles. The van der Waals surface area contributed by atoms with Gasteiger partial charge in [0.25, 0.3) is 0 Å². The van der Waals surface area contributed by atoms with Crippen LogP contribution in [0.1, 0.15) is 51.1 Å². The summed E-state index contributed by atoms with van der Waals surface area (Å²) < 4.78 is 69.1. The number of anilines is 1. The van der Waals surface area contributed by atoms with E-state index in [1.54, 1.807) is 20.8 Å². The SMILES string of the molecule is CC(C)(C)c1sc(S(=O)(=O)c2cc(Cl)c(Oc3ccc(F)cc3-c3cn(C4CCCCO4)nc3[N+](=O)[O-])cc2F)nc1NC(=O)O. The summed E-state index contributed by atoms with van der Waals surface area (Å²) in [6.07, 6.45) is 1.52. The molecular weight excluding hydrogens is 672 g/mol. The molecule has 1 aliphatic heterocycles. The molecule has 3 heterocycles. The maximum absolute atomic E-state index is 15.5. The first kappa shape index (κ1) is 33.2. The number of carboxylic acid groups (broad SMARTS) is 1. The van der Waals surface area contributed by atoms with E-state index in [1.165, 1.54) is 10.9 Å². The second-order valence-electron chi connectivity index (χ2n) is 11.2. The van der Waals surface area contributed by atoms with Crippen molar-refractivity contribution in [1.29, 1.82) is 0 Å². The number of sulfone groups is 1. The van der Waals surface area contributed by atoms with Crippen LogP contribution in [-0.4, -0.2) is 45.9 Å². The monoisotopic (exact) mass is 697 g/mol. The first-order valence-electron chi connectivity index (χ1n) is 13.6. The summed E-state index contributed by atoms with van der Waals surface area (Å²) in [5.74, 6) is -3.38. The lowest BCUT2D eigenvalue weighted by Gasteiger charge is -2.20. The third-order valence-corrected chi connectivity index (χ3v) is 10.7. The fraction of sp³-hybridized carbons (Fsp3) is 0.321. The number of amides is 1. The van der Waals surface area contributed by atoms with Crippen LogP contribution < -0.4 is 10.1 Å². The number of nitrogens with zero attached hydrogens (tertiary/aromatic N) is 4. The third kappa shape index (κ3) is 6.67. The summed E-state index contributed by atoms with van der Waals surface area (Å²) >= 11 is 7.04. The molecule has 4 aromatic rings. The summed E-state index contributed by atoms with van der Waals surface area (Å²) in [5.41, 5.74) is -0.912. The minimum atomic E-state index is -4.65. The van der Waals surface area contributed by atoms with E-state index < -0.39 is 59.2 Å². The van der Waals surface area contributed by atoms with Crippen LogP contribution in [0.25, 0.3) is 11.1 Å². The largest absolute Gasteiger partial charge is 0.465 e. The van der Waals surface area contributed by atoms with Crippen LogP contribution in [0.5, 0.6) is 11.5 Å². The number of nitro groups is 1. The number of nitrogens with one attached hydrogen (secondary N) is 1. The molecule has 13 nitrogen and oxygen atoms in total. The van der Waals surface area contributed by atoms with Gasteiger partial charge < -0.3 is 24.7 Å². The molecule has 0 saturated carbocycles. The van der Waals surface area contributed by atoms with E-state index in [-0.39, 0.29) is 33.5 Å². The van der Waals surface area contributed by atoms with Gasteiger partial charge in [-0.15, -0.1) is 11.3 Å². The smallest absolute Gasteiger partial charge is 0.410 e. The zero-order chi connectivity index (χ0) is 33.6. The van der Waals surface area contributed by atoms with Crippen molar-refractivity contribution in [3.8, 4) is 22.6 Å². The lowest BCUT2D eigenvalue weighted by molar-refractivity contribution is -0.389. The molecule has 1 unspecified atom stereocenters. The number of carbonyl (C=O) groups is 1. The fourth-order valence-electron chi connectivity index (χ4n) is 4.71. The number of hydrogen-bond acceptors (Lipinski definition) is 10. The van der Waals surface area contributed by atoms with Gasteiger partial charge in [0.15, 0.2) is 12.0 Å². The Bertz CT molecular complexity index is 1950. The zero-order valence-electron chi connectivity index (χ0n) is 24.4. The minimum absolute atomic E-state index is 0.0992. The van der Waals surface area contributed by atoms with Crippen LogP contribution >= 0.6 is 22.9 Å². The third-order valence-electron chi connectivity index (χ3n) is 6.81. The summed E-state index contributed by atoms with van der Waals surface area (Å²) in [5, 5.41) is 26.8. The van der Waals surface area contributed by atoms with Crippen LogP contribution in [-0.2, 0) is 20.0 Å². The molecule has 18 heteroatoms. The van der Waals surface area contributed by atoms with Gasteiger partial charge in [0.2, 0.25) is 14.2 Å². The van der Waals surface area contributed by atoms with E-state index in [1.807, 2.05) is 0 Å². The highest BCUT2D eigenvalue weighted by molar-refractivity contribution is 7.93. The quantitative estimate of drug-likeness (QED) is 0.138. The summed E-state index contributed by atoms with van der Waals surface area (Å²) in [4.78, 5) is 25.8. The molecule has 0 aliphatic carbocycles. The molecule has 2 N–H and O–H groups in total. The first-order chi connectivity index (χ1) is 21.6.